The standard InChI is InChI=1S/C21H19NO4/c1-3-25-17-11-7-5-8-13(17)15-12-18(23)26-20-14-9-4-6-10-16(14)22(2)21(24)19(15)20/h4-11,15H,3,12H2,1-2H3/t15-/m1/s1. The first-order valence-electron chi connectivity index (χ1n) is 8.65. The number of benzene rings is 2. The van der Waals surface area contributed by atoms with Crippen LogP contribution in [-0.2, 0) is 11.8 Å². The molecule has 2 aromatic carbocycles. The highest BCUT2D eigenvalue weighted by molar-refractivity contribution is 5.91. The molecule has 3 aromatic rings. The van der Waals surface area contributed by atoms with Crippen LogP contribution in [0.15, 0.2) is 53.3 Å². The zero-order chi connectivity index (χ0) is 18.3. The molecule has 2 heterocycles. The number of rotatable bonds is 3. The van der Waals surface area contributed by atoms with Gasteiger partial charge in [-0.2, -0.15) is 0 Å². The average molecular weight is 349 g/mol. The Bertz CT molecular complexity index is 1070. The third-order valence-corrected chi connectivity index (χ3v) is 4.82. The van der Waals surface area contributed by atoms with Crippen LogP contribution in [0.1, 0.15) is 30.4 Å². The van der Waals surface area contributed by atoms with Crippen LogP contribution in [0.4, 0.5) is 0 Å². The molecule has 1 atom stereocenters. The zero-order valence-electron chi connectivity index (χ0n) is 14.7. The van der Waals surface area contributed by atoms with Gasteiger partial charge in [0.25, 0.3) is 5.56 Å². The predicted octanol–water partition coefficient (Wildman–Crippen LogP) is 3.38. The molecular formula is C21H19NO4. The van der Waals surface area contributed by atoms with Gasteiger partial charge in [-0.05, 0) is 25.1 Å². The Labute approximate surface area is 150 Å². The largest absolute Gasteiger partial charge is 0.494 e. The molecule has 0 radical (unpaired) electrons. The Hall–Kier alpha value is -3.08. The third kappa shape index (κ3) is 2.47. The van der Waals surface area contributed by atoms with Crippen molar-refractivity contribution in [3.05, 3.63) is 70.0 Å². The molecular weight excluding hydrogens is 330 g/mol. The van der Waals surface area contributed by atoms with Crippen molar-refractivity contribution >= 4 is 16.9 Å². The molecule has 0 spiro atoms. The Morgan fingerprint density at radius 3 is 2.65 bits per heavy atom. The number of pyridine rings is 1. The Balaban J connectivity index is 2.03. The SMILES string of the molecule is CCOc1ccccc1[C@H]1CC(=O)Oc2c1c(=O)n(C)c1ccccc21. The number of aromatic nitrogens is 1. The van der Waals surface area contributed by atoms with E-state index in [9.17, 15) is 9.59 Å². The molecule has 5 nitrogen and oxygen atoms in total. The molecule has 0 N–H and O–H groups in total. The predicted molar refractivity (Wildman–Crippen MR) is 98.9 cm³/mol. The molecule has 1 aliphatic rings. The van der Waals surface area contributed by atoms with E-state index in [1.807, 2.05) is 55.5 Å². The number of hydrogen-bond donors (Lipinski definition) is 0. The van der Waals surface area contributed by atoms with Gasteiger partial charge in [-0.15, -0.1) is 0 Å². The Morgan fingerprint density at radius 2 is 1.85 bits per heavy atom. The van der Waals surface area contributed by atoms with Crippen LogP contribution >= 0.6 is 0 Å². The maximum Gasteiger partial charge on any atom is 0.312 e. The number of carbonyl (C=O) groups is 1. The van der Waals surface area contributed by atoms with Crippen molar-refractivity contribution in [3.63, 3.8) is 0 Å². The quantitative estimate of drug-likeness (QED) is 0.680. The second kappa shape index (κ2) is 6.33. The second-order valence-corrected chi connectivity index (χ2v) is 6.33. The van der Waals surface area contributed by atoms with Gasteiger partial charge in [0, 0.05) is 23.9 Å². The third-order valence-electron chi connectivity index (χ3n) is 4.82. The van der Waals surface area contributed by atoms with E-state index in [0.29, 0.717) is 23.7 Å². The molecule has 132 valence electrons. The van der Waals surface area contributed by atoms with Crippen molar-refractivity contribution in [1.82, 2.24) is 4.57 Å². The summed E-state index contributed by atoms with van der Waals surface area (Å²) in [5.74, 6) is 0.330. The zero-order valence-corrected chi connectivity index (χ0v) is 14.7. The van der Waals surface area contributed by atoms with Gasteiger partial charge in [-0.3, -0.25) is 9.59 Å². The molecule has 4 rings (SSSR count). The van der Waals surface area contributed by atoms with Gasteiger partial charge in [0.15, 0.2) is 0 Å². The van der Waals surface area contributed by atoms with Crippen LogP contribution in [0, 0.1) is 0 Å². The van der Waals surface area contributed by atoms with Crippen LogP contribution in [-0.4, -0.2) is 17.1 Å². The fourth-order valence-corrected chi connectivity index (χ4v) is 3.65. The minimum absolute atomic E-state index is 0.116. The van der Waals surface area contributed by atoms with Gasteiger partial charge >= 0.3 is 5.97 Å². The van der Waals surface area contributed by atoms with Crippen LogP contribution in [0.25, 0.3) is 10.9 Å². The van der Waals surface area contributed by atoms with Crippen molar-refractivity contribution in [2.75, 3.05) is 6.61 Å². The highest BCUT2D eigenvalue weighted by Gasteiger charge is 2.34. The average Bonchev–Trinajstić information content (AvgIpc) is 2.66. The Kier molecular flexibility index (Phi) is 3.99. The number of fused-ring (bicyclic) bond motifs is 3. The van der Waals surface area contributed by atoms with Crippen LogP contribution in [0.5, 0.6) is 11.5 Å². The van der Waals surface area contributed by atoms with E-state index in [1.165, 1.54) is 0 Å². The molecule has 26 heavy (non-hydrogen) atoms. The first kappa shape index (κ1) is 16.4. The first-order valence-corrected chi connectivity index (χ1v) is 8.65. The van der Waals surface area contributed by atoms with Gasteiger partial charge in [-0.1, -0.05) is 30.3 Å². The minimum Gasteiger partial charge on any atom is -0.494 e. The lowest BCUT2D eigenvalue weighted by molar-refractivity contribution is -0.135. The van der Waals surface area contributed by atoms with Gasteiger partial charge in [0.1, 0.15) is 11.5 Å². The van der Waals surface area contributed by atoms with Crippen LogP contribution in [0.2, 0.25) is 0 Å². The number of hydrogen-bond acceptors (Lipinski definition) is 4. The van der Waals surface area contributed by atoms with E-state index in [2.05, 4.69) is 0 Å². The van der Waals surface area contributed by atoms with E-state index >= 15 is 0 Å². The molecule has 1 aromatic heterocycles. The summed E-state index contributed by atoms with van der Waals surface area (Å²) >= 11 is 0. The van der Waals surface area contributed by atoms with Crippen LogP contribution in [0.3, 0.4) is 0 Å². The number of aryl methyl sites for hydroxylation is 1. The molecule has 0 bridgehead atoms. The highest BCUT2D eigenvalue weighted by atomic mass is 16.5. The van der Waals surface area contributed by atoms with Crippen molar-refractivity contribution < 1.29 is 14.3 Å². The van der Waals surface area contributed by atoms with Crippen molar-refractivity contribution in [1.29, 1.82) is 0 Å². The van der Waals surface area contributed by atoms with E-state index in [-0.39, 0.29) is 17.9 Å². The monoisotopic (exact) mass is 349 g/mol. The molecule has 0 unspecified atom stereocenters. The fourth-order valence-electron chi connectivity index (χ4n) is 3.65. The first-order chi connectivity index (χ1) is 12.6. The number of ether oxygens (including phenoxy) is 2. The van der Waals surface area contributed by atoms with E-state index in [1.54, 1.807) is 11.6 Å². The maximum atomic E-state index is 13.1. The van der Waals surface area contributed by atoms with Gasteiger partial charge in [-0.25, -0.2) is 0 Å². The van der Waals surface area contributed by atoms with Gasteiger partial charge < -0.3 is 14.0 Å². The van der Waals surface area contributed by atoms with Crippen molar-refractivity contribution in [2.24, 2.45) is 7.05 Å². The smallest absolute Gasteiger partial charge is 0.312 e. The maximum absolute atomic E-state index is 13.1. The van der Waals surface area contributed by atoms with E-state index in [0.717, 1.165) is 16.5 Å². The molecule has 0 saturated carbocycles. The van der Waals surface area contributed by atoms with Crippen molar-refractivity contribution in [2.45, 2.75) is 19.3 Å². The molecule has 0 saturated heterocycles. The number of esters is 1. The summed E-state index contributed by atoms with van der Waals surface area (Å²) in [6, 6.07) is 15.0. The van der Waals surface area contributed by atoms with E-state index < -0.39 is 5.92 Å². The molecule has 0 aliphatic carbocycles. The second-order valence-electron chi connectivity index (χ2n) is 6.33. The summed E-state index contributed by atoms with van der Waals surface area (Å²) in [5, 5.41) is 0.761. The number of para-hydroxylation sites is 2. The summed E-state index contributed by atoms with van der Waals surface area (Å²) in [6.45, 7) is 2.42. The Morgan fingerprint density at radius 1 is 1.12 bits per heavy atom. The fraction of sp³-hybridized carbons (Fsp3) is 0.238. The lowest BCUT2D eigenvalue weighted by Gasteiger charge is -2.27. The molecule has 1 aliphatic heterocycles. The number of nitrogens with zero attached hydrogens (tertiary/aromatic N) is 1. The van der Waals surface area contributed by atoms with Gasteiger partial charge in [0.2, 0.25) is 0 Å². The topological polar surface area (TPSA) is 57.5 Å². The lowest BCUT2D eigenvalue weighted by atomic mass is 9.85. The summed E-state index contributed by atoms with van der Waals surface area (Å²) in [5.41, 5.74) is 1.93. The number of carbonyl (C=O) groups excluding carboxylic acids is 1. The van der Waals surface area contributed by atoms with E-state index in [4.69, 9.17) is 9.47 Å². The molecule has 5 heteroatoms. The highest BCUT2D eigenvalue weighted by Crippen LogP contribution is 2.42. The summed E-state index contributed by atoms with van der Waals surface area (Å²) in [4.78, 5) is 25.5. The van der Waals surface area contributed by atoms with Gasteiger partial charge in [0.05, 0.1) is 24.1 Å². The lowest BCUT2D eigenvalue weighted by Crippen LogP contribution is -2.31. The summed E-state index contributed by atoms with van der Waals surface area (Å²) in [6.07, 6.45) is 0.116. The minimum atomic E-state index is -0.391. The van der Waals surface area contributed by atoms with Crippen LogP contribution < -0.4 is 15.0 Å². The normalized spacial score (nSPS) is 16.2. The summed E-state index contributed by atoms with van der Waals surface area (Å²) in [7, 11) is 1.74. The molecule has 0 fully saturated rings. The summed E-state index contributed by atoms with van der Waals surface area (Å²) < 4.78 is 12.9. The van der Waals surface area contributed by atoms with Crippen molar-refractivity contribution in [3.8, 4) is 11.5 Å². The molecule has 0 amide bonds.